The topological polar surface area (TPSA) is 69.9 Å². The van der Waals surface area contributed by atoms with Gasteiger partial charge in [-0.2, -0.15) is 0 Å². The van der Waals surface area contributed by atoms with Crippen molar-refractivity contribution in [2.75, 3.05) is 19.8 Å². The van der Waals surface area contributed by atoms with Crippen molar-refractivity contribution < 1.29 is 20.1 Å². The molecular weight excluding hydrogens is 148 g/mol. The van der Waals surface area contributed by atoms with Crippen LogP contribution in [0.2, 0.25) is 0 Å². The van der Waals surface area contributed by atoms with E-state index in [0.29, 0.717) is 0 Å². The van der Waals surface area contributed by atoms with E-state index in [1.807, 2.05) is 0 Å². The molecule has 1 aliphatic heterocycles. The fourth-order valence-corrected chi connectivity index (χ4v) is 1.27. The Morgan fingerprint density at radius 3 is 2.55 bits per heavy atom. The zero-order valence-electron chi connectivity index (χ0n) is 6.53. The van der Waals surface area contributed by atoms with E-state index in [1.54, 1.807) is 6.92 Å². The summed E-state index contributed by atoms with van der Waals surface area (Å²) in [4.78, 5) is 0. The first kappa shape index (κ1) is 8.93. The van der Waals surface area contributed by atoms with E-state index in [2.05, 4.69) is 0 Å². The maximum absolute atomic E-state index is 9.35. The van der Waals surface area contributed by atoms with Crippen LogP contribution in [-0.2, 0) is 4.74 Å². The fraction of sp³-hybridized carbons (Fsp3) is 1.00. The third-order valence-corrected chi connectivity index (χ3v) is 2.46. The van der Waals surface area contributed by atoms with Crippen molar-refractivity contribution in [1.29, 1.82) is 0 Å². The van der Waals surface area contributed by atoms with Crippen molar-refractivity contribution in [3.8, 4) is 0 Å². The minimum Gasteiger partial charge on any atom is -0.396 e. The van der Waals surface area contributed by atoms with Gasteiger partial charge < -0.3 is 20.1 Å². The van der Waals surface area contributed by atoms with Crippen molar-refractivity contribution in [3.63, 3.8) is 0 Å². The van der Waals surface area contributed by atoms with Crippen LogP contribution in [0.15, 0.2) is 0 Å². The van der Waals surface area contributed by atoms with Crippen molar-refractivity contribution in [2.24, 2.45) is 5.41 Å². The summed E-state index contributed by atoms with van der Waals surface area (Å²) in [5.74, 6) is 0. The summed E-state index contributed by atoms with van der Waals surface area (Å²) < 4.78 is 5.06. The molecule has 4 heteroatoms. The van der Waals surface area contributed by atoms with Crippen LogP contribution in [0.25, 0.3) is 0 Å². The third-order valence-electron chi connectivity index (χ3n) is 2.46. The van der Waals surface area contributed by atoms with Crippen LogP contribution in [-0.4, -0.2) is 47.3 Å². The fourth-order valence-electron chi connectivity index (χ4n) is 1.27. The Balaban J connectivity index is 2.70. The van der Waals surface area contributed by atoms with Gasteiger partial charge in [-0.1, -0.05) is 6.92 Å². The maximum Gasteiger partial charge on any atom is 0.0908 e. The molecule has 0 radical (unpaired) electrons. The molecule has 1 fully saturated rings. The summed E-state index contributed by atoms with van der Waals surface area (Å²) in [5, 5.41) is 27.1. The van der Waals surface area contributed by atoms with Crippen LogP contribution in [0, 0.1) is 5.41 Å². The molecule has 0 aromatic carbocycles. The first-order valence-electron chi connectivity index (χ1n) is 3.66. The van der Waals surface area contributed by atoms with Gasteiger partial charge in [0.15, 0.2) is 0 Å². The molecule has 66 valence electrons. The predicted molar refractivity (Wildman–Crippen MR) is 38.0 cm³/mol. The minimum atomic E-state index is -0.700. The number of hydrogen-bond donors (Lipinski definition) is 3. The van der Waals surface area contributed by atoms with E-state index >= 15 is 0 Å². The van der Waals surface area contributed by atoms with Crippen LogP contribution >= 0.6 is 0 Å². The average Bonchev–Trinajstić information content (AvgIpc) is 2.30. The van der Waals surface area contributed by atoms with Crippen molar-refractivity contribution in [2.45, 2.75) is 19.1 Å². The Bertz CT molecular complexity index is 138. The molecule has 0 amide bonds. The van der Waals surface area contributed by atoms with Crippen LogP contribution in [0.4, 0.5) is 0 Å². The highest BCUT2D eigenvalue weighted by Crippen LogP contribution is 2.33. The molecule has 3 atom stereocenters. The molecule has 0 saturated carbocycles. The quantitative estimate of drug-likeness (QED) is 0.474. The second-order valence-corrected chi connectivity index (χ2v) is 3.18. The zero-order chi connectivity index (χ0) is 8.48. The van der Waals surface area contributed by atoms with E-state index in [0.717, 1.165) is 0 Å². The molecule has 3 unspecified atom stereocenters. The van der Waals surface area contributed by atoms with Crippen molar-refractivity contribution in [1.82, 2.24) is 0 Å². The molecule has 3 N–H and O–H groups in total. The number of ether oxygens (including phenoxy) is 1. The van der Waals surface area contributed by atoms with E-state index in [4.69, 9.17) is 14.9 Å². The highest BCUT2D eigenvalue weighted by atomic mass is 16.5. The second kappa shape index (κ2) is 3.06. The van der Waals surface area contributed by atoms with Gasteiger partial charge in [0.25, 0.3) is 0 Å². The van der Waals surface area contributed by atoms with Gasteiger partial charge in [0, 0.05) is 5.41 Å². The monoisotopic (exact) mass is 162 g/mol. The summed E-state index contributed by atoms with van der Waals surface area (Å²) in [6.45, 7) is 1.57. The van der Waals surface area contributed by atoms with Gasteiger partial charge >= 0.3 is 0 Å². The lowest BCUT2D eigenvalue weighted by Crippen LogP contribution is -2.41. The average molecular weight is 162 g/mol. The second-order valence-electron chi connectivity index (χ2n) is 3.18. The SMILES string of the molecule is CC1(CO)C(O)COC1CO. The van der Waals surface area contributed by atoms with Gasteiger partial charge in [-0.25, -0.2) is 0 Å². The Morgan fingerprint density at radius 2 is 2.18 bits per heavy atom. The van der Waals surface area contributed by atoms with Gasteiger partial charge in [0.2, 0.25) is 0 Å². The van der Waals surface area contributed by atoms with Crippen LogP contribution < -0.4 is 0 Å². The Hall–Kier alpha value is -0.160. The Morgan fingerprint density at radius 1 is 1.55 bits per heavy atom. The molecule has 1 aliphatic rings. The molecular formula is C7H14O4. The molecule has 11 heavy (non-hydrogen) atoms. The smallest absolute Gasteiger partial charge is 0.0908 e. The zero-order valence-corrected chi connectivity index (χ0v) is 6.53. The lowest BCUT2D eigenvalue weighted by molar-refractivity contribution is -0.0289. The van der Waals surface area contributed by atoms with Crippen LogP contribution in [0.3, 0.4) is 0 Å². The number of aliphatic hydroxyl groups is 3. The van der Waals surface area contributed by atoms with E-state index in [9.17, 15) is 5.11 Å². The van der Waals surface area contributed by atoms with E-state index in [1.165, 1.54) is 0 Å². The Kier molecular flexibility index (Phi) is 2.49. The molecule has 4 nitrogen and oxygen atoms in total. The highest BCUT2D eigenvalue weighted by molar-refractivity contribution is 4.94. The Labute approximate surface area is 65.4 Å². The highest BCUT2D eigenvalue weighted by Gasteiger charge is 2.46. The third kappa shape index (κ3) is 1.27. The van der Waals surface area contributed by atoms with Gasteiger partial charge in [0.05, 0.1) is 32.0 Å². The molecule has 0 aliphatic carbocycles. The normalized spacial score (nSPS) is 44.7. The molecule has 0 aromatic heterocycles. The van der Waals surface area contributed by atoms with Crippen LogP contribution in [0.1, 0.15) is 6.92 Å². The maximum atomic E-state index is 9.35. The molecule has 0 bridgehead atoms. The number of rotatable bonds is 2. The summed E-state index contributed by atoms with van der Waals surface area (Å²) >= 11 is 0. The van der Waals surface area contributed by atoms with Gasteiger partial charge in [-0.3, -0.25) is 0 Å². The first-order valence-corrected chi connectivity index (χ1v) is 3.66. The number of aliphatic hydroxyl groups excluding tert-OH is 3. The van der Waals surface area contributed by atoms with Crippen molar-refractivity contribution in [3.05, 3.63) is 0 Å². The summed E-state index contributed by atoms with van der Waals surface area (Å²) in [5.41, 5.74) is -0.700. The summed E-state index contributed by atoms with van der Waals surface area (Å²) in [7, 11) is 0. The number of hydrogen-bond acceptors (Lipinski definition) is 4. The lowest BCUT2D eigenvalue weighted by Gasteiger charge is -2.28. The van der Waals surface area contributed by atoms with E-state index in [-0.39, 0.29) is 19.8 Å². The summed E-state index contributed by atoms with van der Waals surface area (Å²) in [6.07, 6.45) is -1.12. The first-order chi connectivity index (χ1) is 5.15. The predicted octanol–water partition coefficient (Wildman–Crippen LogP) is -1.26. The molecule has 0 spiro atoms. The van der Waals surface area contributed by atoms with E-state index < -0.39 is 17.6 Å². The largest absolute Gasteiger partial charge is 0.396 e. The molecule has 1 heterocycles. The minimum absolute atomic E-state index is 0.159. The molecule has 1 rings (SSSR count). The van der Waals surface area contributed by atoms with Crippen molar-refractivity contribution >= 4 is 0 Å². The standard InChI is InChI=1S/C7H14O4/c1-7(4-9)5(10)3-11-6(7)2-8/h5-6,8-10H,2-4H2,1H3. The summed E-state index contributed by atoms with van der Waals surface area (Å²) in [6, 6.07) is 0. The van der Waals surface area contributed by atoms with Gasteiger partial charge in [-0.05, 0) is 0 Å². The molecule has 0 aromatic rings. The van der Waals surface area contributed by atoms with Crippen LogP contribution in [0.5, 0.6) is 0 Å². The molecule has 1 saturated heterocycles. The van der Waals surface area contributed by atoms with Gasteiger partial charge in [-0.15, -0.1) is 0 Å². The van der Waals surface area contributed by atoms with Gasteiger partial charge in [0.1, 0.15) is 0 Å². The lowest BCUT2D eigenvalue weighted by atomic mass is 9.82.